The molecule has 0 fully saturated rings. The largest absolute Gasteiger partial charge is 1.00 e. The molecule has 2 rings (SSSR count). The molecule has 1 amide bonds. The number of nitrogens with zero attached hydrogens (tertiary/aromatic N) is 2. The number of halogens is 1. The minimum absolute atomic E-state index is 0. The molecule has 1 aromatic heterocycles. The SMILES string of the molecule is Cc1ccc(C(=O)[N-]S(=O)(=O)/C=C/c2cccnc2)c(Cl)c1.[Na+]. The molecule has 0 aliphatic rings. The minimum Gasteiger partial charge on any atom is -0.538 e. The molecule has 2 aromatic rings. The van der Waals surface area contributed by atoms with Gasteiger partial charge in [-0.15, -0.1) is 0 Å². The number of rotatable bonds is 4. The third kappa shape index (κ3) is 6.08. The summed E-state index contributed by atoms with van der Waals surface area (Å²) in [7, 11) is -4.05. The second kappa shape index (κ2) is 8.61. The van der Waals surface area contributed by atoms with Crippen LogP contribution in [0.25, 0.3) is 10.8 Å². The molecule has 0 aliphatic carbocycles. The van der Waals surface area contributed by atoms with E-state index < -0.39 is 15.9 Å². The summed E-state index contributed by atoms with van der Waals surface area (Å²) < 4.78 is 26.9. The van der Waals surface area contributed by atoms with Crippen molar-refractivity contribution in [2.75, 3.05) is 0 Å². The van der Waals surface area contributed by atoms with Crippen LogP contribution in [0, 0.1) is 6.92 Å². The predicted molar refractivity (Wildman–Crippen MR) is 86.1 cm³/mol. The van der Waals surface area contributed by atoms with Gasteiger partial charge >= 0.3 is 29.6 Å². The summed E-state index contributed by atoms with van der Waals surface area (Å²) in [5.74, 6) is -0.902. The fourth-order valence-electron chi connectivity index (χ4n) is 1.63. The second-order valence-electron chi connectivity index (χ2n) is 4.48. The summed E-state index contributed by atoms with van der Waals surface area (Å²) in [5, 5.41) is 1.02. The zero-order valence-corrected chi connectivity index (χ0v) is 16.2. The third-order valence-corrected chi connectivity index (χ3v) is 3.90. The number of sulfonamides is 1. The molecule has 8 heteroatoms. The van der Waals surface area contributed by atoms with Crippen LogP contribution in [0.15, 0.2) is 48.1 Å². The number of carbonyl (C=O) groups is 1. The van der Waals surface area contributed by atoms with Crippen LogP contribution in [0.5, 0.6) is 0 Å². The maximum Gasteiger partial charge on any atom is 1.00 e. The maximum atomic E-state index is 11.9. The van der Waals surface area contributed by atoms with E-state index in [9.17, 15) is 13.2 Å². The molecule has 1 aromatic carbocycles. The fraction of sp³-hybridized carbons (Fsp3) is 0.0667. The Labute approximate surface area is 162 Å². The average molecular weight is 359 g/mol. The Balaban J connectivity index is 0.00000264. The minimum atomic E-state index is -4.05. The van der Waals surface area contributed by atoms with Crippen LogP contribution in [0.2, 0.25) is 5.02 Å². The van der Waals surface area contributed by atoms with Gasteiger partial charge in [0.25, 0.3) is 0 Å². The average Bonchev–Trinajstić information content (AvgIpc) is 2.45. The zero-order chi connectivity index (χ0) is 16.2. The topological polar surface area (TPSA) is 78.2 Å². The Morgan fingerprint density at radius 1 is 1.30 bits per heavy atom. The smallest absolute Gasteiger partial charge is 0.538 e. The van der Waals surface area contributed by atoms with E-state index >= 15 is 0 Å². The van der Waals surface area contributed by atoms with Gasteiger partial charge < -0.3 is 9.52 Å². The first kappa shape index (κ1) is 19.9. The Hall–Kier alpha value is -1.18. The summed E-state index contributed by atoms with van der Waals surface area (Å²) in [6.07, 6.45) is 4.37. The molecule has 0 radical (unpaired) electrons. The van der Waals surface area contributed by atoms with Gasteiger partial charge in [-0.05, 0) is 36.3 Å². The van der Waals surface area contributed by atoms with Gasteiger partial charge in [0.15, 0.2) is 0 Å². The molecule has 1 heterocycles. The van der Waals surface area contributed by atoms with E-state index in [0.29, 0.717) is 5.56 Å². The van der Waals surface area contributed by atoms with Crippen molar-refractivity contribution in [3.63, 3.8) is 0 Å². The van der Waals surface area contributed by atoms with Gasteiger partial charge in [0.2, 0.25) is 0 Å². The van der Waals surface area contributed by atoms with Crippen LogP contribution in [0.4, 0.5) is 0 Å². The molecule has 0 aliphatic heterocycles. The van der Waals surface area contributed by atoms with Gasteiger partial charge in [-0.2, -0.15) is 0 Å². The molecule has 0 atom stereocenters. The van der Waals surface area contributed by atoms with E-state index in [4.69, 9.17) is 11.6 Å². The van der Waals surface area contributed by atoms with Gasteiger partial charge in [0, 0.05) is 23.4 Å². The summed E-state index contributed by atoms with van der Waals surface area (Å²) in [5.41, 5.74) is 1.49. The number of aryl methyl sites for hydroxylation is 1. The molecule has 0 saturated heterocycles. The molecule has 0 bridgehead atoms. The van der Waals surface area contributed by atoms with Crippen LogP contribution >= 0.6 is 11.6 Å². The van der Waals surface area contributed by atoms with Crippen LogP contribution in [-0.2, 0) is 10.0 Å². The molecule has 0 saturated carbocycles. The monoisotopic (exact) mass is 358 g/mol. The Bertz CT molecular complexity index is 824. The Morgan fingerprint density at radius 3 is 2.65 bits per heavy atom. The zero-order valence-electron chi connectivity index (χ0n) is 12.6. The maximum absolute atomic E-state index is 11.9. The van der Waals surface area contributed by atoms with E-state index in [1.54, 1.807) is 30.5 Å². The van der Waals surface area contributed by atoms with Gasteiger partial charge in [-0.25, -0.2) is 8.42 Å². The van der Waals surface area contributed by atoms with Crippen molar-refractivity contribution in [1.29, 1.82) is 0 Å². The summed E-state index contributed by atoms with van der Waals surface area (Å²) in [6.45, 7) is 1.81. The molecule has 114 valence electrons. The van der Waals surface area contributed by atoms with E-state index in [0.717, 1.165) is 11.0 Å². The van der Waals surface area contributed by atoms with Crippen LogP contribution in [-0.4, -0.2) is 19.3 Å². The number of hydrogen-bond acceptors (Lipinski definition) is 4. The van der Waals surface area contributed by atoms with Gasteiger partial charge in [0.1, 0.15) is 10.0 Å². The predicted octanol–water partition coefficient (Wildman–Crippen LogP) is 0.562. The van der Waals surface area contributed by atoms with Crippen molar-refractivity contribution in [2.45, 2.75) is 6.92 Å². The molecule has 0 unspecified atom stereocenters. The van der Waals surface area contributed by atoms with Crippen LogP contribution < -0.4 is 29.6 Å². The molecular weight excluding hydrogens is 347 g/mol. The number of pyridine rings is 1. The van der Waals surface area contributed by atoms with Gasteiger partial charge in [-0.3, -0.25) is 4.98 Å². The van der Waals surface area contributed by atoms with E-state index in [1.807, 2.05) is 6.92 Å². The van der Waals surface area contributed by atoms with E-state index in [2.05, 4.69) is 9.71 Å². The first-order valence-corrected chi connectivity index (χ1v) is 8.12. The van der Waals surface area contributed by atoms with Gasteiger partial charge in [0.05, 0.1) is 10.9 Å². The molecule has 0 N–H and O–H groups in total. The quantitative estimate of drug-likeness (QED) is 0.748. The van der Waals surface area contributed by atoms with Crippen molar-refractivity contribution < 1.29 is 42.8 Å². The normalized spacial score (nSPS) is 11.0. The number of benzene rings is 1. The van der Waals surface area contributed by atoms with E-state index in [1.165, 1.54) is 18.3 Å². The van der Waals surface area contributed by atoms with Crippen LogP contribution in [0.1, 0.15) is 21.5 Å². The van der Waals surface area contributed by atoms with Crippen molar-refractivity contribution in [2.24, 2.45) is 0 Å². The summed E-state index contributed by atoms with van der Waals surface area (Å²) in [4.78, 5) is 15.8. The standard InChI is InChI=1S/C15H13ClN2O3S.Na/c1-11-4-5-13(14(16)9-11)15(19)18-22(20,21)8-6-12-3-2-7-17-10-12;/h2-10H,1H3,(H,18,19);/q;+1/p-1/b8-6+;. The van der Waals surface area contributed by atoms with Crippen molar-refractivity contribution in [1.82, 2.24) is 4.98 Å². The number of amides is 1. The number of aromatic nitrogens is 1. The number of carbonyl (C=O) groups excluding carboxylic acids is 1. The fourth-order valence-corrected chi connectivity index (χ4v) is 2.66. The summed E-state index contributed by atoms with van der Waals surface area (Å²) in [6, 6.07) is 8.03. The first-order valence-electron chi connectivity index (χ1n) is 6.24. The van der Waals surface area contributed by atoms with E-state index in [-0.39, 0.29) is 40.1 Å². The molecular formula is C15H12ClN2NaO3S. The Morgan fingerprint density at radius 2 is 2.04 bits per heavy atom. The van der Waals surface area contributed by atoms with Gasteiger partial charge in [-0.1, -0.05) is 29.8 Å². The first-order chi connectivity index (χ1) is 10.4. The summed E-state index contributed by atoms with van der Waals surface area (Å²) >= 11 is 5.92. The van der Waals surface area contributed by atoms with Crippen molar-refractivity contribution in [3.05, 3.63) is 74.6 Å². The molecule has 23 heavy (non-hydrogen) atoms. The molecule has 5 nitrogen and oxygen atoms in total. The number of hydrogen-bond donors (Lipinski definition) is 0. The Kier molecular flexibility index (Phi) is 7.44. The third-order valence-electron chi connectivity index (χ3n) is 2.68. The van der Waals surface area contributed by atoms with Crippen molar-refractivity contribution in [3.8, 4) is 0 Å². The molecule has 0 spiro atoms. The van der Waals surface area contributed by atoms with Crippen molar-refractivity contribution >= 4 is 33.6 Å². The van der Waals surface area contributed by atoms with Crippen LogP contribution in [0.3, 0.4) is 0 Å². The second-order valence-corrected chi connectivity index (χ2v) is 6.38.